The van der Waals surface area contributed by atoms with Crippen molar-refractivity contribution >= 4 is 10.0 Å². The number of likely N-dealkylation sites (tertiary alicyclic amines) is 1. The number of sulfonamides is 1. The van der Waals surface area contributed by atoms with E-state index in [-0.39, 0.29) is 10.9 Å². The van der Waals surface area contributed by atoms with Crippen molar-refractivity contribution < 1.29 is 17.5 Å². The van der Waals surface area contributed by atoms with Crippen LogP contribution in [0, 0.1) is 5.82 Å². The van der Waals surface area contributed by atoms with Gasteiger partial charge in [-0.05, 0) is 76.0 Å². The van der Waals surface area contributed by atoms with Gasteiger partial charge < -0.3 is 9.64 Å². The molecule has 2 aliphatic rings. The van der Waals surface area contributed by atoms with Gasteiger partial charge in [0.05, 0.1) is 4.90 Å². The van der Waals surface area contributed by atoms with Crippen LogP contribution in [0.25, 0.3) is 0 Å². The van der Waals surface area contributed by atoms with Crippen LogP contribution in [0.3, 0.4) is 0 Å². The van der Waals surface area contributed by atoms with Crippen molar-refractivity contribution in [3.8, 4) is 0 Å². The minimum absolute atomic E-state index is 0.0395. The fourth-order valence-corrected chi connectivity index (χ4v) is 5.39. The van der Waals surface area contributed by atoms with Crippen LogP contribution >= 0.6 is 0 Å². The van der Waals surface area contributed by atoms with Gasteiger partial charge >= 0.3 is 0 Å². The molecule has 0 amide bonds. The Balaban J connectivity index is 1.72. The van der Waals surface area contributed by atoms with Crippen molar-refractivity contribution in [1.29, 1.82) is 0 Å². The van der Waals surface area contributed by atoms with Gasteiger partial charge in [0, 0.05) is 25.8 Å². The quantitative estimate of drug-likeness (QED) is 0.740. The van der Waals surface area contributed by atoms with E-state index in [4.69, 9.17) is 4.74 Å². The Morgan fingerprint density at radius 3 is 2.40 bits per heavy atom. The van der Waals surface area contributed by atoms with E-state index in [9.17, 15) is 12.8 Å². The zero-order valence-corrected chi connectivity index (χ0v) is 15.4. The van der Waals surface area contributed by atoms with Gasteiger partial charge in [0.15, 0.2) is 0 Å². The van der Waals surface area contributed by atoms with Crippen LogP contribution in [0.4, 0.5) is 4.39 Å². The second-order valence-corrected chi connectivity index (χ2v) is 8.71. The zero-order chi connectivity index (χ0) is 17.7. The smallest absolute Gasteiger partial charge is 0.243 e. The predicted molar refractivity (Wildman–Crippen MR) is 94.4 cm³/mol. The minimum Gasteiger partial charge on any atom is -0.381 e. The Kier molecular flexibility index (Phi) is 6.44. The number of hydrogen-bond acceptors (Lipinski definition) is 4. The van der Waals surface area contributed by atoms with E-state index in [1.165, 1.54) is 37.1 Å². The third-order valence-corrected chi connectivity index (χ3v) is 7.04. The van der Waals surface area contributed by atoms with Gasteiger partial charge in [-0.2, -0.15) is 4.31 Å². The molecule has 0 radical (unpaired) electrons. The summed E-state index contributed by atoms with van der Waals surface area (Å²) in [6.07, 6.45) is 4.71. The van der Waals surface area contributed by atoms with Crippen LogP contribution in [-0.4, -0.2) is 63.1 Å². The lowest BCUT2D eigenvalue weighted by Gasteiger charge is -2.33. The largest absolute Gasteiger partial charge is 0.381 e. The third-order valence-electron chi connectivity index (χ3n) is 5.07. The fraction of sp³-hybridized carbons (Fsp3) is 0.667. The van der Waals surface area contributed by atoms with Crippen molar-refractivity contribution in [2.75, 3.05) is 39.4 Å². The molecule has 0 aliphatic carbocycles. The summed E-state index contributed by atoms with van der Waals surface area (Å²) in [7, 11) is -3.62. The third kappa shape index (κ3) is 4.78. The summed E-state index contributed by atoms with van der Waals surface area (Å²) in [6.45, 7) is 4.84. The highest BCUT2D eigenvalue weighted by Gasteiger charge is 2.32. The molecule has 7 heteroatoms. The van der Waals surface area contributed by atoms with E-state index < -0.39 is 15.8 Å². The molecule has 5 nitrogen and oxygen atoms in total. The van der Waals surface area contributed by atoms with Crippen molar-refractivity contribution in [1.82, 2.24) is 9.21 Å². The van der Waals surface area contributed by atoms with Gasteiger partial charge in [-0.15, -0.1) is 0 Å². The van der Waals surface area contributed by atoms with Gasteiger partial charge in [-0.3, -0.25) is 0 Å². The van der Waals surface area contributed by atoms with E-state index in [0.717, 1.165) is 26.1 Å². The van der Waals surface area contributed by atoms with Crippen LogP contribution in [-0.2, 0) is 14.8 Å². The Morgan fingerprint density at radius 2 is 1.76 bits per heavy atom. The molecule has 0 unspecified atom stereocenters. The minimum atomic E-state index is -3.62. The maximum atomic E-state index is 13.2. The van der Waals surface area contributed by atoms with Crippen LogP contribution in [0.2, 0.25) is 0 Å². The summed E-state index contributed by atoms with van der Waals surface area (Å²) >= 11 is 0. The lowest BCUT2D eigenvalue weighted by molar-refractivity contribution is 0.0577. The van der Waals surface area contributed by atoms with E-state index >= 15 is 0 Å². The first-order valence-electron chi connectivity index (χ1n) is 9.15. The van der Waals surface area contributed by atoms with E-state index in [1.807, 2.05) is 0 Å². The Morgan fingerprint density at radius 1 is 1.12 bits per heavy atom. The normalized spacial score (nSPS) is 20.4. The lowest BCUT2D eigenvalue weighted by atomic mass is 10.1. The van der Waals surface area contributed by atoms with Gasteiger partial charge in [0.25, 0.3) is 0 Å². The number of rotatable bonds is 7. The lowest BCUT2D eigenvalue weighted by Crippen LogP contribution is -2.44. The Hall–Kier alpha value is -1.02. The van der Waals surface area contributed by atoms with Gasteiger partial charge in [-0.25, -0.2) is 12.8 Å². The van der Waals surface area contributed by atoms with Crippen LogP contribution in [0.5, 0.6) is 0 Å². The van der Waals surface area contributed by atoms with Gasteiger partial charge in [-0.1, -0.05) is 0 Å². The maximum absolute atomic E-state index is 13.2. The summed E-state index contributed by atoms with van der Waals surface area (Å²) in [4.78, 5) is 2.56. The topological polar surface area (TPSA) is 49.9 Å². The number of ether oxygens (including phenoxy) is 1. The molecule has 0 saturated carbocycles. The molecular weight excluding hydrogens is 343 g/mol. The Labute approximate surface area is 149 Å². The molecule has 3 rings (SSSR count). The molecule has 1 aromatic carbocycles. The highest BCUT2D eigenvalue weighted by Crippen LogP contribution is 2.24. The summed E-state index contributed by atoms with van der Waals surface area (Å²) in [5.74, 6) is -0.425. The number of hydrogen-bond donors (Lipinski definition) is 0. The SMILES string of the molecule is O=S(=O)(c1ccc(F)cc1)N(CCCN1CCCC1)C1CCOCC1. The van der Waals surface area contributed by atoms with Crippen molar-refractivity contribution in [2.45, 2.75) is 43.0 Å². The van der Waals surface area contributed by atoms with Crippen LogP contribution in [0.15, 0.2) is 29.2 Å². The Bertz CT molecular complexity index is 639. The van der Waals surface area contributed by atoms with Gasteiger partial charge in [0.2, 0.25) is 10.0 Å². The monoisotopic (exact) mass is 370 g/mol. The average molecular weight is 370 g/mol. The highest BCUT2D eigenvalue weighted by atomic mass is 32.2. The summed E-state index contributed by atoms with van der Waals surface area (Å²) in [5.41, 5.74) is 0. The number of nitrogens with zero attached hydrogens (tertiary/aromatic N) is 2. The molecule has 0 atom stereocenters. The molecule has 2 heterocycles. The zero-order valence-electron chi connectivity index (χ0n) is 14.6. The molecule has 2 saturated heterocycles. The van der Waals surface area contributed by atoms with E-state index in [1.54, 1.807) is 4.31 Å². The van der Waals surface area contributed by atoms with Crippen LogP contribution in [0.1, 0.15) is 32.1 Å². The van der Waals surface area contributed by atoms with Crippen molar-refractivity contribution in [3.63, 3.8) is 0 Å². The fourth-order valence-electron chi connectivity index (χ4n) is 3.67. The van der Waals surface area contributed by atoms with Crippen molar-refractivity contribution in [2.24, 2.45) is 0 Å². The molecule has 25 heavy (non-hydrogen) atoms. The molecule has 0 N–H and O–H groups in total. The van der Waals surface area contributed by atoms with Gasteiger partial charge in [0.1, 0.15) is 5.82 Å². The molecule has 2 aliphatic heterocycles. The first-order chi connectivity index (χ1) is 12.1. The first-order valence-corrected chi connectivity index (χ1v) is 10.6. The molecule has 0 spiro atoms. The molecule has 2 fully saturated rings. The second-order valence-electron chi connectivity index (χ2n) is 6.82. The van der Waals surface area contributed by atoms with Crippen LogP contribution < -0.4 is 0 Å². The summed E-state index contributed by atoms with van der Waals surface area (Å²) in [5, 5.41) is 0. The predicted octanol–water partition coefficient (Wildman–Crippen LogP) is 2.48. The second kappa shape index (κ2) is 8.58. The number of benzene rings is 1. The highest BCUT2D eigenvalue weighted by molar-refractivity contribution is 7.89. The summed E-state index contributed by atoms with van der Waals surface area (Å²) < 4.78 is 46.4. The molecule has 0 bridgehead atoms. The summed E-state index contributed by atoms with van der Waals surface area (Å²) in [6, 6.07) is 5.09. The standard InChI is InChI=1S/C18H27FN2O3S/c19-16-4-6-18(7-5-16)25(22,23)21(17-8-14-24-15-9-17)13-3-12-20-10-1-2-11-20/h4-7,17H,1-3,8-15H2. The number of halogens is 1. The molecule has 140 valence electrons. The van der Waals surface area contributed by atoms with Crippen molar-refractivity contribution in [3.05, 3.63) is 30.1 Å². The first kappa shape index (κ1) is 18.8. The molecule has 0 aromatic heterocycles. The van der Waals surface area contributed by atoms with E-state index in [2.05, 4.69) is 4.90 Å². The maximum Gasteiger partial charge on any atom is 0.243 e. The van der Waals surface area contributed by atoms with E-state index in [0.29, 0.717) is 32.6 Å². The molecular formula is C18H27FN2O3S. The average Bonchev–Trinajstić information content (AvgIpc) is 3.13. The molecule has 1 aromatic rings.